The van der Waals surface area contributed by atoms with Crippen molar-refractivity contribution in [1.29, 1.82) is 0 Å². The second kappa shape index (κ2) is 5.65. The molecule has 1 heterocycles. The van der Waals surface area contributed by atoms with Crippen LogP contribution in [0.25, 0.3) is 0 Å². The molecule has 2 rings (SSSR count). The van der Waals surface area contributed by atoms with Crippen LogP contribution in [0.4, 0.5) is 0 Å². The molecule has 0 saturated carbocycles. The second-order valence-corrected chi connectivity index (χ2v) is 5.63. The van der Waals surface area contributed by atoms with Crippen LogP contribution >= 0.6 is 15.9 Å². The Hall–Kier alpha value is -1.49. The minimum Gasteiger partial charge on any atom is -0.299 e. The van der Waals surface area contributed by atoms with E-state index in [4.69, 9.17) is 0 Å². The van der Waals surface area contributed by atoms with E-state index in [1.807, 2.05) is 0 Å². The Labute approximate surface area is 119 Å². The molecular weight excluding hydrogens is 310 g/mol. The average molecular weight is 324 g/mol. The number of benzene rings is 1. The van der Waals surface area contributed by atoms with Gasteiger partial charge in [0.15, 0.2) is 0 Å². The zero-order valence-electron chi connectivity index (χ0n) is 10.6. The van der Waals surface area contributed by atoms with Crippen LogP contribution in [0.5, 0.6) is 0 Å². The Kier molecular flexibility index (Phi) is 4.14. The molecule has 1 aliphatic heterocycles. The number of nitrogens with zero attached hydrogens (tertiary/aromatic N) is 1. The number of ketones is 1. The summed E-state index contributed by atoms with van der Waals surface area (Å²) in [5, 5.41) is 0. The number of halogens is 1. The lowest BCUT2D eigenvalue weighted by atomic mass is 10.1. The molecule has 19 heavy (non-hydrogen) atoms. The Morgan fingerprint density at radius 3 is 2.21 bits per heavy atom. The molecule has 1 atom stereocenters. The first kappa shape index (κ1) is 13.9. The Morgan fingerprint density at radius 2 is 1.74 bits per heavy atom. The molecule has 4 nitrogen and oxygen atoms in total. The van der Waals surface area contributed by atoms with Crippen LogP contribution in [-0.4, -0.2) is 33.9 Å². The minimum atomic E-state index is -0.241. The lowest BCUT2D eigenvalue weighted by Gasteiger charge is -2.14. The molecule has 100 valence electrons. The number of carbonyl (C=O) groups excluding carboxylic acids is 3. The molecule has 0 radical (unpaired) electrons. The predicted octanol–water partition coefficient (Wildman–Crippen LogP) is 2.42. The van der Waals surface area contributed by atoms with Gasteiger partial charge in [0.2, 0.25) is 0 Å². The molecule has 1 aromatic rings. The van der Waals surface area contributed by atoms with Crippen molar-refractivity contribution in [2.75, 3.05) is 6.54 Å². The number of imide groups is 1. The third-order valence-corrected chi connectivity index (χ3v) is 4.26. The number of alkyl halides is 1. The smallest absolute Gasteiger partial charge is 0.261 e. The molecule has 2 amide bonds. The SMILES string of the molecule is CC(=O)C(Br)CCCN1C(=O)c2ccccc2C1=O. The first-order valence-electron chi connectivity index (χ1n) is 6.12. The van der Waals surface area contributed by atoms with Crippen molar-refractivity contribution < 1.29 is 14.4 Å². The quantitative estimate of drug-likeness (QED) is 0.617. The number of rotatable bonds is 5. The lowest BCUT2D eigenvalue weighted by Crippen LogP contribution is -2.31. The molecule has 0 aliphatic carbocycles. The van der Waals surface area contributed by atoms with Gasteiger partial charge in [0.25, 0.3) is 11.8 Å². The van der Waals surface area contributed by atoms with Gasteiger partial charge in [-0.2, -0.15) is 0 Å². The van der Waals surface area contributed by atoms with Crippen LogP contribution in [0.2, 0.25) is 0 Å². The Bertz CT molecular complexity index is 506. The number of hydrogen-bond acceptors (Lipinski definition) is 3. The van der Waals surface area contributed by atoms with Crippen LogP contribution in [0, 0.1) is 0 Å². The third kappa shape index (κ3) is 2.76. The predicted molar refractivity (Wildman–Crippen MR) is 74.4 cm³/mol. The standard InChI is InChI=1S/C14H14BrNO3/c1-9(17)12(15)7-4-8-16-13(18)10-5-2-3-6-11(10)14(16)19/h2-3,5-6,12H,4,7-8H2,1H3. The van der Waals surface area contributed by atoms with E-state index in [1.54, 1.807) is 24.3 Å². The number of carbonyl (C=O) groups is 3. The number of Topliss-reactive ketones (excluding diaryl/α,β-unsaturated/α-hetero) is 1. The van der Waals surface area contributed by atoms with Gasteiger partial charge < -0.3 is 0 Å². The van der Waals surface area contributed by atoms with Gasteiger partial charge in [-0.3, -0.25) is 19.3 Å². The van der Waals surface area contributed by atoms with Crippen LogP contribution < -0.4 is 0 Å². The van der Waals surface area contributed by atoms with Crippen molar-refractivity contribution in [2.24, 2.45) is 0 Å². The molecule has 0 saturated heterocycles. The van der Waals surface area contributed by atoms with Crippen LogP contribution in [0.1, 0.15) is 40.5 Å². The number of fused-ring (bicyclic) bond motifs is 1. The van der Waals surface area contributed by atoms with Gasteiger partial charge >= 0.3 is 0 Å². The van der Waals surface area contributed by atoms with Gasteiger partial charge in [0.1, 0.15) is 5.78 Å². The molecule has 1 aromatic carbocycles. The topological polar surface area (TPSA) is 54.5 Å². The average Bonchev–Trinajstić information content (AvgIpc) is 2.64. The summed E-state index contributed by atoms with van der Waals surface area (Å²) in [7, 11) is 0. The van der Waals surface area contributed by atoms with Gasteiger partial charge in [-0.15, -0.1) is 0 Å². The highest BCUT2D eigenvalue weighted by Gasteiger charge is 2.34. The maximum atomic E-state index is 12.0. The summed E-state index contributed by atoms with van der Waals surface area (Å²) >= 11 is 3.27. The van der Waals surface area contributed by atoms with E-state index in [-0.39, 0.29) is 22.4 Å². The zero-order chi connectivity index (χ0) is 14.0. The highest BCUT2D eigenvalue weighted by atomic mass is 79.9. The Balaban J connectivity index is 1.99. The molecule has 0 N–H and O–H groups in total. The van der Waals surface area contributed by atoms with Gasteiger partial charge in [0, 0.05) is 6.54 Å². The van der Waals surface area contributed by atoms with E-state index in [1.165, 1.54) is 11.8 Å². The summed E-state index contributed by atoms with van der Waals surface area (Å²) in [5.74, 6) is -0.425. The minimum absolute atomic E-state index is 0.0577. The van der Waals surface area contributed by atoms with E-state index >= 15 is 0 Å². The Morgan fingerprint density at radius 1 is 1.21 bits per heavy atom. The van der Waals surface area contributed by atoms with Crippen molar-refractivity contribution in [3.8, 4) is 0 Å². The maximum Gasteiger partial charge on any atom is 0.261 e. The highest BCUT2D eigenvalue weighted by molar-refractivity contribution is 9.10. The van der Waals surface area contributed by atoms with Crippen molar-refractivity contribution in [3.63, 3.8) is 0 Å². The molecule has 0 spiro atoms. The monoisotopic (exact) mass is 323 g/mol. The lowest BCUT2D eigenvalue weighted by molar-refractivity contribution is -0.116. The molecule has 1 unspecified atom stereocenters. The molecular formula is C14H14BrNO3. The molecule has 0 fully saturated rings. The molecule has 1 aliphatic rings. The van der Waals surface area contributed by atoms with E-state index in [0.717, 1.165) is 0 Å². The third-order valence-electron chi connectivity index (χ3n) is 3.16. The van der Waals surface area contributed by atoms with E-state index in [2.05, 4.69) is 15.9 Å². The number of amides is 2. The van der Waals surface area contributed by atoms with E-state index in [9.17, 15) is 14.4 Å². The maximum absolute atomic E-state index is 12.0. The summed E-state index contributed by atoms with van der Waals surface area (Å²) in [6.07, 6.45) is 1.23. The van der Waals surface area contributed by atoms with Gasteiger partial charge in [0.05, 0.1) is 16.0 Å². The van der Waals surface area contributed by atoms with Gasteiger partial charge in [-0.05, 0) is 31.9 Å². The first-order chi connectivity index (χ1) is 9.02. The van der Waals surface area contributed by atoms with Crippen molar-refractivity contribution in [2.45, 2.75) is 24.6 Å². The van der Waals surface area contributed by atoms with Crippen molar-refractivity contribution in [3.05, 3.63) is 35.4 Å². The normalized spacial score (nSPS) is 15.6. The largest absolute Gasteiger partial charge is 0.299 e. The molecule has 0 aromatic heterocycles. The van der Waals surface area contributed by atoms with E-state index in [0.29, 0.717) is 30.5 Å². The summed E-state index contributed by atoms with van der Waals surface area (Å²) < 4.78 is 0. The fourth-order valence-electron chi connectivity index (χ4n) is 2.07. The fraction of sp³-hybridized carbons (Fsp3) is 0.357. The van der Waals surface area contributed by atoms with E-state index < -0.39 is 0 Å². The van der Waals surface area contributed by atoms with Crippen LogP contribution in [-0.2, 0) is 4.79 Å². The van der Waals surface area contributed by atoms with Gasteiger partial charge in [-0.1, -0.05) is 28.1 Å². The number of hydrogen-bond donors (Lipinski definition) is 0. The second-order valence-electron chi connectivity index (χ2n) is 4.53. The van der Waals surface area contributed by atoms with Crippen LogP contribution in [0.3, 0.4) is 0 Å². The molecule has 0 bridgehead atoms. The van der Waals surface area contributed by atoms with Gasteiger partial charge in [-0.25, -0.2) is 0 Å². The summed E-state index contributed by atoms with van der Waals surface area (Å²) in [4.78, 5) is 36.2. The zero-order valence-corrected chi connectivity index (χ0v) is 12.1. The molecule has 5 heteroatoms. The summed E-state index contributed by atoms with van der Waals surface area (Å²) in [5.41, 5.74) is 0.934. The summed E-state index contributed by atoms with van der Waals surface area (Å²) in [6, 6.07) is 6.83. The van der Waals surface area contributed by atoms with Crippen LogP contribution in [0.15, 0.2) is 24.3 Å². The highest BCUT2D eigenvalue weighted by Crippen LogP contribution is 2.23. The van der Waals surface area contributed by atoms with Crippen molar-refractivity contribution in [1.82, 2.24) is 4.90 Å². The fourth-order valence-corrected chi connectivity index (χ4v) is 2.40. The van der Waals surface area contributed by atoms with Crippen molar-refractivity contribution >= 4 is 33.5 Å². The summed E-state index contributed by atoms with van der Waals surface area (Å²) in [6.45, 7) is 1.86. The first-order valence-corrected chi connectivity index (χ1v) is 7.03.